The molecule has 1 aromatic rings. The maximum Gasteiger partial charge on any atom is 0.303 e. The average molecular weight is 335 g/mol. The molecular formula is C19H29NO4. The van der Waals surface area contributed by atoms with E-state index in [0.29, 0.717) is 6.42 Å². The first-order valence-electron chi connectivity index (χ1n) is 8.73. The van der Waals surface area contributed by atoms with Crippen LogP contribution < -0.4 is 4.74 Å². The van der Waals surface area contributed by atoms with Gasteiger partial charge in [0.05, 0.1) is 12.7 Å². The lowest BCUT2D eigenvalue weighted by Crippen LogP contribution is -2.44. The first-order valence-corrected chi connectivity index (χ1v) is 8.73. The molecule has 1 fully saturated rings. The summed E-state index contributed by atoms with van der Waals surface area (Å²) >= 11 is 0. The smallest absolute Gasteiger partial charge is 0.303 e. The lowest BCUT2D eigenvalue weighted by Gasteiger charge is -2.42. The van der Waals surface area contributed by atoms with Crippen LogP contribution in [0.2, 0.25) is 0 Å². The lowest BCUT2D eigenvalue weighted by molar-refractivity contribution is -0.137. The van der Waals surface area contributed by atoms with Gasteiger partial charge in [-0.15, -0.1) is 0 Å². The highest BCUT2D eigenvalue weighted by atomic mass is 16.5. The van der Waals surface area contributed by atoms with E-state index in [1.807, 2.05) is 31.3 Å². The predicted molar refractivity (Wildman–Crippen MR) is 93.2 cm³/mol. The number of aliphatic hydroxyl groups is 1. The Labute approximate surface area is 144 Å². The summed E-state index contributed by atoms with van der Waals surface area (Å²) in [5.41, 5.74) is 0.0823. The number of ether oxygens (including phenoxy) is 1. The van der Waals surface area contributed by atoms with Crippen LogP contribution in [0.25, 0.3) is 0 Å². The van der Waals surface area contributed by atoms with Gasteiger partial charge in [0.15, 0.2) is 0 Å². The van der Waals surface area contributed by atoms with Gasteiger partial charge in [-0.2, -0.15) is 0 Å². The van der Waals surface area contributed by atoms with E-state index in [1.165, 1.54) is 0 Å². The summed E-state index contributed by atoms with van der Waals surface area (Å²) in [4.78, 5) is 12.8. The van der Waals surface area contributed by atoms with E-state index in [9.17, 15) is 9.90 Å². The molecule has 0 amide bonds. The lowest BCUT2D eigenvalue weighted by atomic mass is 9.71. The highest BCUT2D eigenvalue weighted by molar-refractivity contribution is 5.66. The number of rotatable bonds is 8. The minimum atomic E-state index is -0.839. The molecule has 5 nitrogen and oxygen atoms in total. The maximum atomic E-state index is 11.4. The van der Waals surface area contributed by atoms with Crippen molar-refractivity contribution >= 4 is 5.97 Å². The highest BCUT2D eigenvalue weighted by Gasteiger charge is 2.40. The van der Waals surface area contributed by atoms with E-state index in [0.717, 1.165) is 50.1 Å². The largest absolute Gasteiger partial charge is 0.497 e. The van der Waals surface area contributed by atoms with Crippen molar-refractivity contribution in [3.8, 4) is 5.75 Å². The van der Waals surface area contributed by atoms with E-state index in [-0.39, 0.29) is 12.3 Å². The summed E-state index contributed by atoms with van der Waals surface area (Å²) in [7, 11) is 3.64. The molecule has 0 aromatic heterocycles. The highest BCUT2D eigenvalue weighted by Crippen LogP contribution is 2.42. The number of hydrogen-bond donors (Lipinski definition) is 2. The zero-order chi connectivity index (χ0) is 17.6. The van der Waals surface area contributed by atoms with Crippen LogP contribution in [0.15, 0.2) is 24.3 Å². The Kier molecular flexibility index (Phi) is 6.63. The number of nitrogens with zero attached hydrogens (tertiary/aromatic N) is 1. The SMILES string of the molecule is COc1cccc([C@@]2(O)CCCC[C@@H]2CN(C)CCCC(=O)O)c1. The number of aliphatic carboxylic acids is 1. The number of hydrogen-bond acceptors (Lipinski definition) is 4. The molecule has 2 atom stereocenters. The molecule has 2 N–H and O–H groups in total. The standard InChI is InChI=1S/C19H29NO4/c1-20(12-6-10-18(21)22)14-16-7-3-4-11-19(16,23)15-8-5-9-17(13-15)24-2/h5,8-9,13,16,23H,3-4,6-7,10-12,14H2,1-2H3,(H,21,22)/t16-,19+/m1/s1. The summed E-state index contributed by atoms with van der Waals surface area (Å²) in [5, 5.41) is 20.2. The molecule has 0 radical (unpaired) electrons. The molecule has 1 aliphatic carbocycles. The second kappa shape index (κ2) is 8.49. The van der Waals surface area contributed by atoms with Crippen LogP contribution >= 0.6 is 0 Å². The van der Waals surface area contributed by atoms with Crippen LogP contribution in [0.4, 0.5) is 0 Å². The molecule has 24 heavy (non-hydrogen) atoms. The van der Waals surface area contributed by atoms with Gasteiger partial charge in [-0.1, -0.05) is 25.0 Å². The molecule has 134 valence electrons. The topological polar surface area (TPSA) is 70.0 Å². The van der Waals surface area contributed by atoms with Crippen LogP contribution in [0.1, 0.15) is 44.1 Å². The maximum absolute atomic E-state index is 11.4. The van der Waals surface area contributed by atoms with Gasteiger partial charge >= 0.3 is 5.97 Å². The van der Waals surface area contributed by atoms with Gasteiger partial charge in [0.1, 0.15) is 5.75 Å². The molecular weight excluding hydrogens is 306 g/mol. The second-order valence-electron chi connectivity index (χ2n) is 6.86. The Morgan fingerprint density at radius 2 is 2.21 bits per heavy atom. The van der Waals surface area contributed by atoms with Gasteiger partial charge in [0.25, 0.3) is 0 Å². The molecule has 0 bridgehead atoms. The molecule has 1 saturated carbocycles. The fourth-order valence-electron chi connectivity index (χ4n) is 3.71. The van der Waals surface area contributed by atoms with Crippen LogP contribution in [0.5, 0.6) is 5.75 Å². The molecule has 0 unspecified atom stereocenters. The number of carboxylic acids is 1. The third kappa shape index (κ3) is 4.71. The number of methoxy groups -OCH3 is 1. The van der Waals surface area contributed by atoms with Crippen LogP contribution in [0.3, 0.4) is 0 Å². The molecule has 1 aromatic carbocycles. The molecule has 0 aliphatic heterocycles. The summed E-state index contributed by atoms with van der Waals surface area (Å²) < 4.78 is 5.31. The molecule has 0 saturated heterocycles. The summed E-state index contributed by atoms with van der Waals surface area (Å²) in [6.45, 7) is 1.50. The Morgan fingerprint density at radius 1 is 1.42 bits per heavy atom. The van der Waals surface area contributed by atoms with Gasteiger partial charge in [0, 0.05) is 18.9 Å². The van der Waals surface area contributed by atoms with Gasteiger partial charge < -0.3 is 19.8 Å². The van der Waals surface area contributed by atoms with Crippen molar-refractivity contribution in [2.45, 2.75) is 44.1 Å². The fourth-order valence-corrected chi connectivity index (χ4v) is 3.71. The fraction of sp³-hybridized carbons (Fsp3) is 0.632. The van der Waals surface area contributed by atoms with Gasteiger partial charge in [-0.05, 0) is 50.6 Å². The van der Waals surface area contributed by atoms with Crippen molar-refractivity contribution in [2.75, 3.05) is 27.2 Å². The van der Waals surface area contributed by atoms with Crippen molar-refractivity contribution in [2.24, 2.45) is 5.92 Å². The van der Waals surface area contributed by atoms with E-state index < -0.39 is 11.6 Å². The van der Waals surface area contributed by atoms with Crippen molar-refractivity contribution < 1.29 is 19.7 Å². The zero-order valence-electron chi connectivity index (χ0n) is 14.7. The third-order valence-corrected chi connectivity index (χ3v) is 5.07. The summed E-state index contributed by atoms with van der Waals surface area (Å²) in [6, 6.07) is 7.73. The summed E-state index contributed by atoms with van der Waals surface area (Å²) in [6.07, 6.45) is 4.71. The molecule has 2 rings (SSSR count). The quantitative estimate of drug-likeness (QED) is 0.764. The van der Waals surface area contributed by atoms with Crippen LogP contribution in [0, 0.1) is 5.92 Å². The van der Waals surface area contributed by atoms with Crippen molar-refractivity contribution in [3.05, 3.63) is 29.8 Å². The van der Waals surface area contributed by atoms with E-state index in [1.54, 1.807) is 7.11 Å². The Morgan fingerprint density at radius 3 is 2.92 bits per heavy atom. The first kappa shape index (κ1) is 18.7. The second-order valence-corrected chi connectivity index (χ2v) is 6.86. The first-order chi connectivity index (χ1) is 11.5. The van der Waals surface area contributed by atoms with Crippen molar-refractivity contribution in [1.82, 2.24) is 4.90 Å². The van der Waals surface area contributed by atoms with E-state index >= 15 is 0 Å². The monoisotopic (exact) mass is 335 g/mol. The Hall–Kier alpha value is -1.59. The molecule has 5 heteroatoms. The normalized spacial score (nSPS) is 24.1. The minimum Gasteiger partial charge on any atom is -0.497 e. The van der Waals surface area contributed by atoms with E-state index in [2.05, 4.69) is 4.90 Å². The Bertz CT molecular complexity index is 548. The molecule has 1 aliphatic rings. The summed E-state index contributed by atoms with van der Waals surface area (Å²) in [5.74, 6) is 0.155. The Balaban J connectivity index is 2.07. The van der Waals surface area contributed by atoms with Gasteiger partial charge in [-0.3, -0.25) is 4.79 Å². The molecule has 0 spiro atoms. The van der Waals surface area contributed by atoms with Crippen LogP contribution in [-0.2, 0) is 10.4 Å². The number of carbonyl (C=O) groups is 1. The van der Waals surface area contributed by atoms with Gasteiger partial charge in [-0.25, -0.2) is 0 Å². The van der Waals surface area contributed by atoms with Gasteiger partial charge in [0.2, 0.25) is 0 Å². The molecule has 0 heterocycles. The predicted octanol–water partition coefficient (Wildman–Crippen LogP) is 2.87. The third-order valence-electron chi connectivity index (χ3n) is 5.07. The number of carboxylic acid groups (broad SMARTS) is 1. The average Bonchev–Trinajstić information content (AvgIpc) is 2.57. The van der Waals surface area contributed by atoms with E-state index in [4.69, 9.17) is 9.84 Å². The zero-order valence-corrected chi connectivity index (χ0v) is 14.7. The number of benzene rings is 1. The van der Waals surface area contributed by atoms with Crippen molar-refractivity contribution in [1.29, 1.82) is 0 Å². The van der Waals surface area contributed by atoms with Crippen LogP contribution in [-0.4, -0.2) is 48.3 Å². The van der Waals surface area contributed by atoms with Crippen molar-refractivity contribution in [3.63, 3.8) is 0 Å². The minimum absolute atomic E-state index is 0.146.